The van der Waals surface area contributed by atoms with Crippen molar-refractivity contribution in [2.45, 2.75) is 39.0 Å². The molecule has 0 fully saturated rings. The van der Waals surface area contributed by atoms with Crippen LogP contribution in [0.15, 0.2) is 40.7 Å². The minimum Gasteiger partial charge on any atom is -0.504 e. The molecule has 0 saturated heterocycles. The highest BCUT2D eigenvalue weighted by atomic mass is 32.2. The van der Waals surface area contributed by atoms with Crippen molar-refractivity contribution in [2.24, 2.45) is 0 Å². The fourth-order valence-corrected chi connectivity index (χ4v) is 4.38. The quantitative estimate of drug-likeness (QED) is 0.517. The van der Waals surface area contributed by atoms with Crippen LogP contribution in [0.4, 0.5) is 0 Å². The minimum atomic E-state index is -0.567. The Morgan fingerprint density at radius 3 is 2.83 bits per heavy atom. The fourth-order valence-electron chi connectivity index (χ4n) is 3.89. The van der Waals surface area contributed by atoms with Gasteiger partial charge in [-0.2, -0.15) is 11.8 Å². The van der Waals surface area contributed by atoms with E-state index in [9.17, 15) is 14.7 Å². The Labute approximate surface area is 175 Å². The van der Waals surface area contributed by atoms with E-state index in [-0.39, 0.29) is 11.5 Å². The van der Waals surface area contributed by atoms with Crippen molar-refractivity contribution in [2.75, 3.05) is 25.2 Å². The van der Waals surface area contributed by atoms with Crippen LogP contribution in [0.2, 0.25) is 0 Å². The summed E-state index contributed by atoms with van der Waals surface area (Å²) >= 11 is 1.70. The zero-order valence-electron chi connectivity index (χ0n) is 17.0. The highest BCUT2D eigenvalue weighted by Gasteiger charge is 2.39. The van der Waals surface area contributed by atoms with Crippen LogP contribution in [0.3, 0.4) is 0 Å². The molecule has 0 aromatic heterocycles. The number of aromatic hydroxyl groups is 1. The van der Waals surface area contributed by atoms with Crippen molar-refractivity contribution in [3.63, 3.8) is 0 Å². The number of nitrogens with one attached hydrogen (secondary N) is 1. The molecule has 156 valence electrons. The van der Waals surface area contributed by atoms with Crippen LogP contribution in [-0.2, 0) is 14.3 Å². The van der Waals surface area contributed by atoms with E-state index < -0.39 is 11.9 Å². The topological polar surface area (TPSA) is 84.9 Å². The number of thioether (sulfide) groups is 1. The number of Topliss-reactive ketones (excluding diaryl/α,β-unsaturated/α-hetero) is 1. The summed E-state index contributed by atoms with van der Waals surface area (Å²) in [7, 11) is 1.48. The molecule has 2 N–H and O–H groups in total. The molecule has 3 rings (SSSR count). The highest BCUT2D eigenvalue weighted by Crippen LogP contribution is 2.44. The maximum atomic E-state index is 13.0. The van der Waals surface area contributed by atoms with Crippen LogP contribution in [0, 0.1) is 0 Å². The van der Waals surface area contributed by atoms with E-state index >= 15 is 0 Å². The molecule has 1 unspecified atom stereocenters. The maximum Gasteiger partial charge on any atom is 0.336 e. The second-order valence-electron chi connectivity index (χ2n) is 7.03. The number of ketones is 1. The Morgan fingerprint density at radius 2 is 2.14 bits per heavy atom. The number of carbonyl (C=O) groups is 2. The van der Waals surface area contributed by atoms with E-state index in [4.69, 9.17) is 9.47 Å². The largest absolute Gasteiger partial charge is 0.504 e. The number of carbonyl (C=O) groups excluding carboxylic acids is 2. The molecule has 1 aromatic rings. The third-order valence-electron chi connectivity index (χ3n) is 5.20. The van der Waals surface area contributed by atoms with Gasteiger partial charge in [0.05, 0.1) is 12.7 Å². The molecule has 0 bridgehead atoms. The first kappa shape index (κ1) is 21.3. The number of hydrogen-bond donors (Lipinski definition) is 2. The lowest BCUT2D eigenvalue weighted by Gasteiger charge is -2.34. The number of allylic oxidation sites excluding steroid dienone is 3. The Balaban J connectivity index is 2.02. The van der Waals surface area contributed by atoms with E-state index in [2.05, 4.69) is 12.2 Å². The molecule has 1 aliphatic heterocycles. The number of phenols is 1. The molecule has 7 heteroatoms. The second kappa shape index (κ2) is 9.39. The number of benzene rings is 1. The van der Waals surface area contributed by atoms with Crippen LogP contribution in [-0.4, -0.2) is 42.1 Å². The molecule has 0 amide bonds. The van der Waals surface area contributed by atoms with Crippen LogP contribution in [0.5, 0.6) is 11.5 Å². The molecule has 1 atom stereocenters. The summed E-state index contributed by atoms with van der Waals surface area (Å²) < 4.78 is 10.7. The maximum absolute atomic E-state index is 13.0. The summed E-state index contributed by atoms with van der Waals surface area (Å²) in [6.07, 6.45) is 1.99. The standard InChI is InChI=1S/C22H27NO5S/c1-4-29-11-10-28-22(26)19-13(2)23-15-6-5-7-16(24)21(15)20(19)14-8-9-18(27-3)17(25)12-14/h8-9,12,20,23,25H,4-7,10-11H2,1-3H3. The van der Waals surface area contributed by atoms with Crippen molar-refractivity contribution in [3.8, 4) is 11.5 Å². The zero-order chi connectivity index (χ0) is 21.0. The van der Waals surface area contributed by atoms with Gasteiger partial charge in [0.2, 0.25) is 0 Å². The van der Waals surface area contributed by atoms with Gasteiger partial charge in [0.15, 0.2) is 17.3 Å². The predicted molar refractivity (Wildman–Crippen MR) is 113 cm³/mol. The molecule has 1 heterocycles. The van der Waals surface area contributed by atoms with Gasteiger partial charge in [-0.15, -0.1) is 0 Å². The predicted octanol–water partition coefficient (Wildman–Crippen LogP) is 3.67. The van der Waals surface area contributed by atoms with Gasteiger partial charge < -0.3 is 19.9 Å². The lowest BCUT2D eigenvalue weighted by Crippen LogP contribution is -2.34. The average molecular weight is 418 g/mol. The molecule has 1 aliphatic carbocycles. The van der Waals surface area contributed by atoms with E-state index in [1.54, 1.807) is 30.0 Å². The number of rotatable bonds is 7. The van der Waals surface area contributed by atoms with Crippen LogP contribution < -0.4 is 10.1 Å². The summed E-state index contributed by atoms with van der Waals surface area (Å²) in [6, 6.07) is 5.00. The first-order chi connectivity index (χ1) is 14.0. The molecule has 29 heavy (non-hydrogen) atoms. The van der Waals surface area contributed by atoms with Gasteiger partial charge in [0.1, 0.15) is 6.61 Å². The summed E-state index contributed by atoms with van der Waals surface area (Å²) in [5.41, 5.74) is 3.23. The van der Waals surface area contributed by atoms with Gasteiger partial charge in [-0.3, -0.25) is 4.79 Å². The smallest absolute Gasteiger partial charge is 0.336 e. The van der Waals surface area contributed by atoms with E-state index in [1.807, 2.05) is 6.92 Å². The molecule has 1 aromatic carbocycles. The number of esters is 1. The van der Waals surface area contributed by atoms with Crippen LogP contribution in [0.1, 0.15) is 44.6 Å². The minimum absolute atomic E-state index is 0.0263. The second-order valence-corrected chi connectivity index (χ2v) is 8.42. The number of ether oxygens (including phenoxy) is 2. The summed E-state index contributed by atoms with van der Waals surface area (Å²) in [4.78, 5) is 25.8. The lowest BCUT2D eigenvalue weighted by molar-refractivity contribution is -0.138. The summed E-state index contributed by atoms with van der Waals surface area (Å²) in [5, 5.41) is 13.6. The molecule has 0 radical (unpaired) electrons. The molecule has 2 aliphatic rings. The molecule has 6 nitrogen and oxygen atoms in total. The lowest BCUT2D eigenvalue weighted by atomic mass is 9.75. The third-order valence-corrected chi connectivity index (χ3v) is 6.06. The highest BCUT2D eigenvalue weighted by molar-refractivity contribution is 7.99. The number of methoxy groups -OCH3 is 1. The van der Waals surface area contributed by atoms with Gasteiger partial charge in [-0.1, -0.05) is 13.0 Å². The summed E-state index contributed by atoms with van der Waals surface area (Å²) in [6.45, 7) is 4.20. The first-order valence-electron chi connectivity index (χ1n) is 9.83. The number of hydrogen-bond acceptors (Lipinski definition) is 7. The SMILES string of the molecule is CCSCCOC(=O)C1=C(C)NC2=C(C(=O)CCC2)C1c1ccc(OC)c(O)c1. The Bertz CT molecular complexity index is 874. The fraction of sp³-hybridized carbons (Fsp3) is 0.455. The van der Waals surface area contributed by atoms with Crippen molar-refractivity contribution in [1.29, 1.82) is 0 Å². The molecule has 0 spiro atoms. The van der Waals surface area contributed by atoms with Gasteiger partial charge in [-0.05, 0) is 43.2 Å². The number of dihydropyridines is 1. The summed E-state index contributed by atoms with van der Waals surface area (Å²) in [5.74, 6) is 1.02. The monoisotopic (exact) mass is 417 g/mol. The molecular formula is C22H27NO5S. The van der Waals surface area contributed by atoms with Crippen LogP contribution in [0.25, 0.3) is 0 Å². The Morgan fingerprint density at radius 1 is 1.34 bits per heavy atom. The van der Waals surface area contributed by atoms with Gasteiger partial charge in [0.25, 0.3) is 0 Å². The Kier molecular flexibility index (Phi) is 6.90. The van der Waals surface area contributed by atoms with Crippen LogP contribution >= 0.6 is 11.8 Å². The zero-order valence-corrected chi connectivity index (χ0v) is 17.9. The van der Waals surface area contributed by atoms with Gasteiger partial charge >= 0.3 is 5.97 Å². The van der Waals surface area contributed by atoms with Crippen molar-refractivity contribution in [1.82, 2.24) is 5.32 Å². The van der Waals surface area contributed by atoms with Crippen molar-refractivity contribution in [3.05, 3.63) is 46.3 Å². The normalized spacial score (nSPS) is 19.0. The third kappa shape index (κ3) is 4.45. The van der Waals surface area contributed by atoms with Crippen molar-refractivity contribution >= 4 is 23.5 Å². The average Bonchev–Trinajstić information content (AvgIpc) is 2.70. The Hall–Kier alpha value is -2.41. The molecular weight excluding hydrogens is 390 g/mol. The number of phenolic OH excluding ortho intramolecular Hbond substituents is 1. The first-order valence-corrected chi connectivity index (χ1v) is 11.0. The van der Waals surface area contributed by atoms with E-state index in [1.165, 1.54) is 7.11 Å². The van der Waals surface area contributed by atoms with Gasteiger partial charge in [0, 0.05) is 35.1 Å². The van der Waals surface area contributed by atoms with E-state index in [0.29, 0.717) is 41.2 Å². The van der Waals surface area contributed by atoms with Crippen molar-refractivity contribution < 1.29 is 24.2 Å². The van der Waals surface area contributed by atoms with E-state index in [0.717, 1.165) is 30.0 Å². The van der Waals surface area contributed by atoms with Gasteiger partial charge in [-0.25, -0.2) is 4.79 Å². The molecule has 0 saturated carbocycles.